The van der Waals surface area contributed by atoms with E-state index in [1.807, 2.05) is 25.1 Å². The van der Waals surface area contributed by atoms with Crippen LogP contribution in [0.2, 0.25) is 0 Å². The highest BCUT2D eigenvalue weighted by molar-refractivity contribution is 7.89. The summed E-state index contributed by atoms with van der Waals surface area (Å²) in [5, 5.41) is 0. The van der Waals surface area contributed by atoms with E-state index in [1.165, 1.54) is 0 Å². The number of rotatable bonds is 5. The molecule has 1 saturated heterocycles. The molecule has 0 aliphatic carbocycles. The Morgan fingerprint density at radius 1 is 1.30 bits per heavy atom. The summed E-state index contributed by atoms with van der Waals surface area (Å²) in [5.41, 5.74) is 7.46. The predicted molar refractivity (Wildman–Crippen MR) is 81.9 cm³/mol. The summed E-state index contributed by atoms with van der Waals surface area (Å²) in [6, 6.07) is 5.32. The number of benzene rings is 1. The molecule has 1 aliphatic rings. The third-order valence-electron chi connectivity index (χ3n) is 3.57. The van der Waals surface area contributed by atoms with Crippen molar-refractivity contribution < 1.29 is 8.42 Å². The smallest absolute Gasteiger partial charge is 0.243 e. The van der Waals surface area contributed by atoms with Crippen LogP contribution in [0.1, 0.15) is 30.4 Å². The van der Waals surface area contributed by atoms with E-state index in [0.717, 1.165) is 30.4 Å². The quantitative estimate of drug-likeness (QED) is 0.905. The molecule has 20 heavy (non-hydrogen) atoms. The van der Waals surface area contributed by atoms with Gasteiger partial charge in [0.25, 0.3) is 0 Å². The van der Waals surface area contributed by atoms with Crippen molar-refractivity contribution >= 4 is 16.1 Å². The SMILES string of the molecule is Cc1cc(S(=O)(=O)N2CCCC2)ccc1/C=C\CCN. The van der Waals surface area contributed by atoms with Gasteiger partial charge in [-0.05, 0) is 56.0 Å². The van der Waals surface area contributed by atoms with Gasteiger partial charge in [-0.15, -0.1) is 0 Å². The standard InChI is InChI=1S/C15H22N2O2S/c1-13-12-15(8-7-14(13)6-2-3-9-16)20(18,19)17-10-4-5-11-17/h2,6-8,12H,3-5,9-11,16H2,1H3/b6-2-. The van der Waals surface area contributed by atoms with Gasteiger partial charge < -0.3 is 5.73 Å². The maximum absolute atomic E-state index is 12.4. The van der Waals surface area contributed by atoms with Crippen molar-refractivity contribution in [3.8, 4) is 0 Å². The van der Waals surface area contributed by atoms with Crippen molar-refractivity contribution in [2.75, 3.05) is 19.6 Å². The number of aryl methyl sites for hydroxylation is 1. The van der Waals surface area contributed by atoms with Gasteiger partial charge in [0.2, 0.25) is 10.0 Å². The van der Waals surface area contributed by atoms with Gasteiger partial charge in [-0.3, -0.25) is 0 Å². The largest absolute Gasteiger partial charge is 0.330 e. The molecule has 0 radical (unpaired) electrons. The highest BCUT2D eigenvalue weighted by Gasteiger charge is 2.27. The number of nitrogens with two attached hydrogens (primary N) is 1. The van der Waals surface area contributed by atoms with Crippen LogP contribution in [0.25, 0.3) is 6.08 Å². The fraction of sp³-hybridized carbons (Fsp3) is 0.467. The number of hydrogen-bond donors (Lipinski definition) is 1. The van der Waals surface area contributed by atoms with Gasteiger partial charge in [-0.1, -0.05) is 18.2 Å². The minimum Gasteiger partial charge on any atom is -0.330 e. The lowest BCUT2D eigenvalue weighted by Gasteiger charge is -2.16. The van der Waals surface area contributed by atoms with Gasteiger partial charge in [-0.25, -0.2) is 8.42 Å². The average Bonchev–Trinajstić information content (AvgIpc) is 2.95. The Morgan fingerprint density at radius 2 is 2.00 bits per heavy atom. The zero-order valence-corrected chi connectivity index (χ0v) is 12.7. The molecular formula is C15H22N2O2S. The zero-order valence-electron chi connectivity index (χ0n) is 11.9. The van der Waals surface area contributed by atoms with Crippen molar-refractivity contribution in [2.24, 2.45) is 5.73 Å². The lowest BCUT2D eigenvalue weighted by molar-refractivity contribution is 0.477. The first-order valence-electron chi connectivity index (χ1n) is 7.03. The summed E-state index contributed by atoms with van der Waals surface area (Å²) in [6.45, 7) is 3.83. The maximum Gasteiger partial charge on any atom is 0.243 e. The molecule has 0 spiro atoms. The molecule has 1 aliphatic heterocycles. The van der Waals surface area contributed by atoms with E-state index in [0.29, 0.717) is 24.5 Å². The fourth-order valence-corrected chi connectivity index (χ4v) is 3.98. The second-order valence-electron chi connectivity index (χ2n) is 5.11. The summed E-state index contributed by atoms with van der Waals surface area (Å²) in [5.74, 6) is 0. The van der Waals surface area contributed by atoms with Gasteiger partial charge in [-0.2, -0.15) is 4.31 Å². The summed E-state index contributed by atoms with van der Waals surface area (Å²) in [4.78, 5) is 0.396. The van der Waals surface area contributed by atoms with Crippen LogP contribution in [0.15, 0.2) is 29.2 Å². The van der Waals surface area contributed by atoms with E-state index in [9.17, 15) is 8.42 Å². The molecule has 5 heteroatoms. The third kappa shape index (κ3) is 3.29. The highest BCUT2D eigenvalue weighted by Crippen LogP contribution is 2.23. The Morgan fingerprint density at radius 3 is 2.60 bits per heavy atom. The van der Waals surface area contributed by atoms with E-state index in [2.05, 4.69) is 0 Å². The summed E-state index contributed by atoms with van der Waals surface area (Å²) in [7, 11) is -3.31. The number of hydrogen-bond acceptors (Lipinski definition) is 3. The van der Waals surface area contributed by atoms with Gasteiger partial charge in [0.1, 0.15) is 0 Å². The zero-order chi connectivity index (χ0) is 14.6. The molecule has 0 atom stereocenters. The van der Waals surface area contributed by atoms with Crippen molar-refractivity contribution in [1.82, 2.24) is 4.31 Å². The molecule has 2 rings (SSSR count). The van der Waals surface area contributed by atoms with Gasteiger partial charge in [0, 0.05) is 13.1 Å². The van der Waals surface area contributed by atoms with Gasteiger partial charge >= 0.3 is 0 Å². The molecule has 2 N–H and O–H groups in total. The topological polar surface area (TPSA) is 63.4 Å². The van der Waals surface area contributed by atoms with Crippen LogP contribution in [-0.2, 0) is 10.0 Å². The third-order valence-corrected chi connectivity index (χ3v) is 5.47. The van der Waals surface area contributed by atoms with Crippen molar-refractivity contribution in [1.29, 1.82) is 0 Å². The van der Waals surface area contributed by atoms with Crippen LogP contribution >= 0.6 is 0 Å². The normalized spacial score (nSPS) is 17.1. The molecule has 1 aromatic rings. The molecule has 1 aromatic carbocycles. The van der Waals surface area contributed by atoms with Crippen LogP contribution in [0.3, 0.4) is 0 Å². The van der Waals surface area contributed by atoms with Crippen LogP contribution < -0.4 is 5.73 Å². The van der Waals surface area contributed by atoms with Gasteiger partial charge in [0.05, 0.1) is 4.90 Å². The fourth-order valence-electron chi connectivity index (χ4n) is 2.38. The van der Waals surface area contributed by atoms with E-state index in [-0.39, 0.29) is 0 Å². The summed E-state index contributed by atoms with van der Waals surface area (Å²) < 4.78 is 26.5. The van der Waals surface area contributed by atoms with Gasteiger partial charge in [0.15, 0.2) is 0 Å². The molecule has 0 saturated carbocycles. The summed E-state index contributed by atoms with van der Waals surface area (Å²) in [6.07, 6.45) is 6.74. The average molecular weight is 294 g/mol. The van der Waals surface area contributed by atoms with E-state index in [1.54, 1.807) is 16.4 Å². The van der Waals surface area contributed by atoms with Crippen LogP contribution in [-0.4, -0.2) is 32.4 Å². The Hall–Kier alpha value is -1.17. The molecule has 1 heterocycles. The molecule has 0 amide bonds. The lowest BCUT2D eigenvalue weighted by Crippen LogP contribution is -2.27. The Bertz CT molecular complexity index is 588. The van der Waals surface area contributed by atoms with Crippen molar-refractivity contribution in [2.45, 2.75) is 31.1 Å². The van der Waals surface area contributed by atoms with Crippen LogP contribution in [0, 0.1) is 6.92 Å². The molecule has 0 unspecified atom stereocenters. The highest BCUT2D eigenvalue weighted by atomic mass is 32.2. The maximum atomic E-state index is 12.4. The minimum atomic E-state index is -3.31. The number of nitrogens with zero attached hydrogens (tertiary/aromatic N) is 1. The first kappa shape index (κ1) is 15.2. The number of sulfonamides is 1. The first-order chi connectivity index (χ1) is 9.55. The van der Waals surface area contributed by atoms with Crippen molar-refractivity contribution in [3.63, 3.8) is 0 Å². The monoisotopic (exact) mass is 294 g/mol. The molecule has 1 fully saturated rings. The molecular weight excluding hydrogens is 272 g/mol. The van der Waals surface area contributed by atoms with E-state index >= 15 is 0 Å². The van der Waals surface area contributed by atoms with Crippen LogP contribution in [0.4, 0.5) is 0 Å². The van der Waals surface area contributed by atoms with Crippen molar-refractivity contribution in [3.05, 3.63) is 35.4 Å². The Balaban J connectivity index is 2.24. The predicted octanol–water partition coefficient (Wildman–Crippen LogP) is 2.14. The molecule has 0 bridgehead atoms. The molecule has 0 aromatic heterocycles. The first-order valence-corrected chi connectivity index (χ1v) is 8.47. The second kappa shape index (κ2) is 6.52. The lowest BCUT2D eigenvalue weighted by atomic mass is 10.1. The second-order valence-corrected chi connectivity index (χ2v) is 7.05. The van der Waals surface area contributed by atoms with Crippen LogP contribution in [0.5, 0.6) is 0 Å². The summed E-state index contributed by atoms with van der Waals surface area (Å²) >= 11 is 0. The molecule has 110 valence electrons. The molecule has 4 nitrogen and oxygen atoms in total. The minimum absolute atomic E-state index is 0.396. The van der Waals surface area contributed by atoms with E-state index in [4.69, 9.17) is 5.73 Å². The Labute approximate surface area is 121 Å². The Kier molecular flexibility index (Phi) is 4.96. The van der Waals surface area contributed by atoms with E-state index < -0.39 is 10.0 Å².